The molecule has 0 bridgehead atoms. The molecule has 0 fully saturated rings. The average molecular weight is 509 g/mol. The molecule has 190 valence electrons. The first-order chi connectivity index (χ1) is 17.1. The Labute approximate surface area is 213 Å². The molecule has 0 aliphatic heterocycles. The molecular formula is C28H32N2O5S. The summed E-state index contributed by atoms with van der Waals surface area (Å²) in [7, 11) is -1.03. The first-order valence-corrected chi connectivity index (χ1v) is 13.0. The van der Waals surface area contributed by atoms with Crippen LogP contribution in [-0.2, 0) is 21.2 Å². The molecule has 3 aromatic carbocycles. The molecule has 0 aliphatic carbocycles. The molecule has 0 radical (unpaired) electrons. The van der Waals surface area contributed by atoms with E-state index in [9.17, 15) is 13.7 Å². The fourth-order valence-corrected chi connectivity index (χ4v) is 5.90. The van der Waals surface area contributed by atoms with Gasteiger partial charge < -0.3 is 14.2 Å². The van der Waals surface area contributed by atoms with Crippen molar-refractivity contribution in [3.05, 3.63) is 77.9 Å². The van der Waals surface area contributed by atoms with Gasteiger partial charge in [0.25, 0.3) is 0 Å². The highest BCUT2D eigenvalue weighted by molar-refractivity contribution is 7.89. The summed E-state index contributed by atoms with van der Waals surface area (Å²) in [6.07, 6.45) is 0.408. The number of benzene rings is 3. The maximum absolute atomic E-state index is 13.8. The summed E-state index contributed by atoms with van der Waals surface area (Å²) in [5.41, 5.74) is 2.41. The molecule has 0 saturated heterocycles. The van der Waals surface area contributed by atoms with Crippen molar-refractivity contribution in [3.8, 4) is 28.7 Å². The average Bonchev–Trinajstić information content (AvgIpc) is 2.87. The number of ether oxygens (including phenoxy) is 3. The molecule has 0 atom stereocenters. The minimum Gasteiger partial charge on any atom is -0.495 e. The van der Waals surface area contributed by atoms with Crippen LogP contribution in [0.15, 0.2) is 71.6 Å². The molecule has 0 spiro atoms. The second kappa shape index (κ2) is 11.6. The molecule has 3 aromatic rings. The molecule has 0 aromatic heterocycles. The molecule has 8 heteroatoms. The van der Waals surface area contributed by atoms with Gasteiger partial charge in [-0.3, -0.25) is 0 Å². The highest BCUT2D eigenvalue weighted by Gasteiger charge is 2.36. The first kappa shape index (κ1) is 27.2. The van der Waals surface area contributed by atoms with Crippen LogP contribution < -0.4 is 9.47 Å². The van der Waals surface area contributed by atoms with Crippen LogP contribution in [-0.4, -0.2) is 45.8 Å². The third-order valence-corrected chi connectivity index (χ3v) is 7.89. The molecule has 0 amide bonds. The summed E-state index contributed by atoms with van der Waals surface area (Å²) < 4.78 is 45.4. The number of hydrogen-bond donors (Lipinski definition) is 0. The highest BCUT2D eigenvalue weighted by atomic mass is 32.2. The van der Waals surface area contributed by atoms with Crippen molar-refractivity contribution < 1.29 is 22.6 Å². The van der Waals surface area contributed by atoms with Crippen LogP contribution in [0.5, 0.6) is 11.5 Å². The maximum Gasteiger partial charge on any atom is 0.247 e. The fourth-order valence-electron chi connectivity index (χ4n) is 3.93. The van der Waals surface area contributed by atoms with Crippen LogP contribution in [0, 0.1) is 11.3 Å². The van der Waals surface area contributed by atoms with E-state index in [-0.39, 0.29) is 29.5 Å². The van der Waals surface area contributed by atoms with Gasteiger partial charge in [0.05, 0.1) is 18.7 Å². The van der Waals surface area contributed by atoms with Gasteiger partial charge in [-0.05, 0) is 68.1 Å². The van der Waals surface area contributed by atoms with Gasteiger partial charge in [-0.15, -0.1) is 0 Å². The van der Waals surface area contributed by atoms with Gasteiger partial charge in [-0.1, -0.05) is 42.5 Å². The standard InChI is InChI=1S/C28H32N2O5S/c1-28(2,3)30(36(31,32)27-17-21(19-29)11-14-25(27)34-5)16-15-23-12-13-24(18-26(23)35-20-33-4)22-9-7-6-8-10-22/h6-14,17-18H,15-16,20H2,1-5H3. The van der Waals surface area contributed by atoms with E-state index in [0.29, 0.717) is 12.2 Å². The Morgan fingerprint density at radius 1 is 0.917 bits per heavy atom. The Morgan fingerprint density at radius 2 is 1.64 bits per heavy atom. The van der Waals surface area contributed by atoms with Gasteiger partial charge in [-0.2, -0.15) is 9.57 Å². The van der Waals surface area contributed by atoms with Crippen LogP contribution in [0.25, 0.3) is 11.1 Å². The van der Waals surface area contributed by atoms with E-state index in [1.54, 1.807) is 7.11 Å². The first-order valence-electron chi connectivity index (χ1n) is 11.5. The predicted molar refractivity (Wildman–Crippen MR) is 139 cm³/mol. The van der Waals surface area contributed by atoms with Crippen molar-refractivity contribution in [2.45, 2.75) is 37.6 Å². The molecule has 0 aliphatic rings. The second-order valence-corrected chi connectivity index (χ2v) is 11.0. The Morgan fingerprint density at radius 3 is 2.25 bits per heavy atom. The van der Waals surface area contributed by atoms with Crippen molar-refractivity contribution in [2.24, 2.45) is 0 Å². The van der Waals surface area contributed by atoms with E-state index >= 15 is 0 Å². The van der Waals surface area contributed by atoms with Crippen molar-refractivity contribution in [2.75, 3.05) is 27.6 Å². The largest absolute Gasteiger partial charge is 0.495 e. The zero-order valence-corrected chi connectivity index (χ0v) is 22.1. The normalized spacial score (nSPS) is 11.8. The van der Waals surface area contributed by atoms with Gasteiger partial charge in [0.15, 0.2) is 6.79 Å². The minimum absolute atomic E-state index is 0.0331. The number of sulfonamides is 1. The zero-order chi connectivity index (χ0) is 26.3. The lowest BCUT2D eigenvalue weighted by Gasteiger charge is -2.35. The van der Waals surface area contributed by atoms with E-state index in [4.69, 9.17) is 14.2 Å². The van der Waals surface area contributed by atoms with E-state index in [0.717, 1.165) is 16.7 Å². The van der Waals surface area contributed by atoms with Gasteiger partial charge in [-0.25, -0.2) is 8.42 Å². The van der Waals surface area contributed by atoms with Crippen LogP contribution in [0.2, 0.25) is 0 Å². The molecule has 0 N–H and O–H groups in total. The maximum atomic E-state index is 13.8. The zero-order valence-electron chi connectivity index (χ0n) is 21.3. The molecule has 36 heavy (non-hydrogen) atoms. The van der Waals surface area contributed by atoms with Crippen molar-refractivity contribution in [1.29, 1.82) is 5.26 Å². The van der Waals surface area contributed by atoms with E-state index in [1.165, 1.54) is 29.6 Å². The SMILES string of the molecule is COCOc1cc(-c2ccccc2)ccc1CCN(C(C)(C)C)S(=O)(=O)c1cc(C#N)ccc1OC. The molecule has 0 unspecified atom stereocenters. The lowest BCUT2D eigenvalue weighted by Crippen LogP contribution is -2.46. The van der Waals surface area contributed by atoms with Crippen LogP contribution >= 0.6 is 0 Å². The third kappa shape index (κ3) is 6.24. The lowest BCUT2D eigenvalue weighted by molar-refractivity contribution is 0.0503. The monoisotopic (exact) mass is 508 g/mol. The molecule has 3 rings (SSSR count). The van der Waals surface area contributed by atoms with Crippen molar-refractivity contribution in [1.82, 2.24) is 4.31 Å². The van der Waals surface area contributed by atoms with Crippen molar-refractivity contribution >= 4 is 10.0 Å². The fraction of sp³-hybridized carbons (Fsp3) is 0.321. The summed E-state index contributed by atoms with van der Waals surface area (Å²) in [5, 5.41) is 9.32. The van der Waals surface area contributed by atoms with Gasteiger partial charge >= 0.3 is 0 Å². The van der Waals surface area contributed by atoms with Crippen LogP contribution in [0.4, 0.5) is 0 Å². The molecular weight excluding hydrogens is 476 g/mol. The summed E-state index contributed by atoms with van der Waals surface area (Å²) in [5.74, 6) is 0.827. The second-order valence-electron chi connectivity index (χ2n) is 9.21. The van der Waals surface area contributed by atoms with Crippen molar-refractivity contribution in [3.63, 3.8) is 0 Å². The van der Waals surface area contributed by atoms with Gasteiger partial charge in [0, 0.05) is 19.2 Å². The van der Waals surface area contributed by atoms with E-state index in [1.807, 2.05) is 75.4 Å². The summed E-state index contributed by atoms with van der Waals surface area (Å²) in [6, 6.07) is 22.2. The smallest absolute Gasteiger partial charge is 0.247 e. The Balaban J connectivity index is 1.97. The number of nitriles is 1. The molecule has 0 saturated carbocycles. The van der Waals surface area contributed by atoms with Crippen LogP contribution in [0.3, 0.4) is 0 Å². The predicted octanol–water partition coefficient (Wildman–Crippen LogP) is 5.25. The third-order valence-electron chi connectivity index (χ3n) is 5.70. The lowest BCUT2D eigenvalue weighted by atomic mass is 10.0. The Bertz CT molecular complexity index is 1330. The van der Waals surface area contributed by atoms with E-state index in [2.05, 4.69) is 0 Å². The Hall–Kier alpha value is -3.38. The molecule has 0 heterocycles. The van der Waals surface area contributed by atoms with Crippen LogP contribution in [0.1, 0.15) is 31.9 Å². The minimum atomic E-state index is -3.99. The number of rotatable bonds is 10. The van der Waals surface area contributed by atoms with Gasteiger partial charge in [0.2, 0.25) is 10.0 Å². The molecule has 7 nitrogen and oxygen atoms in total. The number of methoxy groups -OCH3 is 2. The van der Waals surface area contributed by atoms with Gasteiger partial charge in [0.1, 0.15) is 16.4 Å². The quantitative estimate of drug-likeness (QED) is 0.348. The topological polar surface area (TPSA) is 88.9 Å². The number of nitrogens with zero attached hydrogens (tertiary/aromatic N) is 2. The van der Waals surface area contributed by atoms with E-state index < -0.39 is 15.6 Å². The summed E-state index contributed by atoms with van der Waals surface area (Å²) in [4.78, 5) is -0.0331. The summed E-state index contributed by atoms with van der Waals surface area (Å²) >= 11 is 0. The Kier molecular flexibility index (Phi) is 8.75. The summed E-state index contributed by atoms with van der Waals surface area (Å²) in [6.45, 7) is 5.79. The number of hydrogen-bond acceptors (Lipinski definition) is 6. The highest BCUT2D eigenvalue weighted by Crippen LogP contribution is 2.33.